The second-order valence-corrected chi connectivity index (χ2v) is 6.75. The molecule has 0 amide bonds. The molecule has 114 valence electrons. The van der Waals surface area contributed by atoms with Crippen LogP contribution in [-0.2, 0) is 0 Å². The molecule has 0 fully saturated rings. The van der Waals surface area contributed by atoms with Crippen molar-refractivity contribution >= 4 is 5.71 Å². The molecule has 2 aliphatic rings. The van der Waals surface area contributed by atoms with E-state index in [2.05, 4.69) is 55.9 Å². The van der Waals surface area contributed by atoms with E-state index in [4.69, 9.17) is 0 Å². The molecule has 3 nitrogen and oxygen atoms in total. The largest absolute Gasteiger partial charge is 0.359 e. The van der Waals surface area contributed by atoms with Crippen LogP contribution in [0.2, 0.25) is 0 Å². The van der Waals surface area contributed by atoms with Gasteiger partial charge in [-0.3, -0.25) is 10.3 Å². The molecule has 0 bridgehead atoms. The summed E-state index contributed by atoms with van der Waals surface area (Å²) in [5.74, 6) is 1.86. The van der Waals surface area contributed by atoms with Crippen molar-refractivity contribution in [1.29, 1.82) is 0 Å². The fourth-order valence-electron chi connectivity index (χ4n) is 3.48. The first kappa shape index (κ1) is 15.6. The van der Waals surface area contributed by atoms with Crippen LogP contribution < -0.4 is 5.32 Å². The van der Waals surface area contributed by atoms with Gasteiger partial charge in [0.25, 0.3) is 0 Å². The van der Waals surface area contributed by atoms with E-state index >= 15 is 0 Å². The van der Waals surface area contributed by atoms with Gasteiger partial charge in [0, 0.05) is 37.0 Å². The maximum atomic E-state index is 4.69. The maximum Gasteiger partial charge on any atom is 0.0764 e. The Morgan fingerprint density at radius 3 is 2.70 bits per heavy atom. The van der Waals surface area contributed by atoms with Crippen LogP contribution in [0.25, 0.3) is 0 Å². The van der Waals surface area contributed by atoms with Crippen LogP contribution in [0.5, 0.6) is 0 Å². The van der Waals surface area contributed by atoms with E-state index in [1.54, 1.807) is 0 Å². The molecule has 0 aromatic heterocycles. The third kappa shape index (κ3) is 3.43. The van der Waals surface area contributed by atoms with Crippen molar-refractivity contribution in [1.82, 2.24) is 10.2 Å². The first-order valence-electron chi connectivity index (χ1n) is 8.25. The summed E-state index contributed by atoms with van der Waals surface area (Å²) in [5.41, 5.74) is 2.93. The van der Waals surface area contributed by atoms with Crippen LogP contribution in [0.3, 0.4) is 0 Å². The van der Waals surface area contributed by atoms with Crippen LogP contribution in [0.15, 0.2) is 16.8 Å². The molecule has 0 aromatic rings. The topological polar surface area (TPSA) is 27.6 Å². The number of hydrogen-bond donors (Lipinski definition) is 1. The Bertz CT molecular complexity index is 384. The SMILES string of the molecule is CC(C)C1=CCCN1C(C)NCC(C)C1=NCCC1C. The highest BCUT2D eigenvalue weighted by Crippen LogP contribution is 2.24. The zero-order valence-corrected chi connectivity index (χ0v) is 13.8. The maximum absolute atomic E-state index is 4.69. The highest BCUT2D eigenvalue weighted by molar-refractivity contribution is 5.89. The summed E-state index contributed by atoms with van der Waals surface area (Å²) in [5, 5.41) is 3.71. The number of rotatable bonds is 6. The van der Waals surface area contributed by atoms with Gasteiger partial charge in [0.2, 0.25) is 0 Å². The van der Waals surface area contributed by atoms with Gasteiger partial charge in [-0.15, -0.1) is 0 Å². The normalized spacial score (nSPS) is 25.9. The monoisotopic (exact) mass is 277 g/mol. The van der Waals surface area contributed by atoms with Crippen molar-refractivity contribution in [2.24, 2.45) is 22.7 Å². The van der Waals surface area contributed by atoms with E-state index in [1.165, 1.54) is 24.3 Å². The molecule has 3 heteroatoms. The summed E-state index contributed by atoms with van der Waals surface area (Å²) in [6.07, 6.45) is 5.25. The van der Waals surface area contributed by atoms with Crippen molar-refractivity contribution in [3.63, 3.8) is 0 Å². The average molecular weight is 277 g/mol. The third-order valence-corrected chi connectivity index (χ3v) is 4.70. The molecule has 0 aromatic carbocycles. The van der Waals surface area contributed by atoms with E-state index in [0.717, 1.165) is 19.6 Å². The Hall–Kier alpha value is -0.830. The lowest BCUT2D eigenvalue weighted by atomic mass is 9.94. The highest BCUT2D eigenvalue weighted by Gasteiger charge is 2.25. The fraction of sp³-hybridized carbons (Fsp3) is 0.824. The molecule has 3 unspecified atom stereocenters. The molecule has 3 atom stereocenters. The summed E-state index contributed by atoms with van der Waals surface area (Å²) in [7, 11) is 0. The van der Waals surface area contributed by atoms with Gasteiger partial charge < -0.3 is 4.90 Å². The smallest absolute Gasteiger partial charge is 0.0764 e. The quantitative estimate of drug-likeness (QED) is 0.807. The number of allylic oxidation sites excluding steroid dienone is 1. The molecule has 0 saturated carbocycles. The molecule has 0 saturated heterocycles. The average Bonchev–Trinajstić information content (AvgIpc) is 3.03. The molecule has 1 N–H and O–H groups in total. The molecule has 0 spiro atoms. The van der Waals surface area contributed by atoms with Gasteiger partial charge in [0.05, 0.1) is 6.17 Å². The fourth-order valence-corrected chi connectivity index (χ4v) is 3.48. The zero-order chi connectivity index (χ0) is 14.7. The molecule has 20 heavy (non-hydrogen) atoms. The molecular formula is C17H31N3. The summed E-state index contributed by atoms with van der Waals surface area (Å²) in [6, 6.07) is 0. The molecule has 0 aliphatic carbocycles. The van der Waals surface area contributed by atoms with E-state index in [-0.39, 0.29) is 0 Å². The van der Waals surface area contributed by atoms with Gasteiger partial charge in [-0.25, -0.2) is 0 Å². The molecule has 2 rings (SSSR count). The second kappa shape index (κ2) is 6.75. The first-order chi connectivity index (χ1) is 9.50. The summed E-state index contributed by atoms with van der Waals surface area (Å²) in [6.45, 7) is 14.7. The van der Waals surface area contributed by atoms with Crippen molar-refractivity contribution in [2.75, 3.05) is 19.6 Å². The Morgan fingerprint density at radius 2 is 2.10 bits per heavy atom. The predicted octanol–water partition coefficient (Wildman–Crippen LogP) is 3.28. The van der Waals surface area contributed by atoms with Gasteiger partial charge in [-0.1, -0.05) is 33.8 Å². The lowest BCUT2D eigenvalue weighted by Crippen LogP contribution is -2.45. The highest BCUT2D eigenvalue weighted by atomic mass is 15.3. The zero-order valence-electron chi connectivity index (χ0n) is 13.8. The summed E-state index contributed by atoms with van der Waals surface area (Å²) < 4.78 is 0. The Labute approximate surface area is 124 Å². The first-order valence-corrected chi connectivity index (χ1v) is 8.25. The van der Waals surface area contributed by atoms with Crippen molar-refractivity contribution in [3.8, 4) is 0 Å². The Morgan fingerprint density at radius 1 is 1.35 bits per heavy atom. The minimum absolute atomic E-state index is 0.422. The minimum atomic E-state index is 0.422. The van der Waals surface area contributed by atoms with Gasteiger partial charge in [0.1, 0.15) is 0 Å². The van der Waals surface area contributed by atoms with Crippen LogP contribution in [0.1, 0.15) is 47.5 Å². The molecule has 2 heterocycles. The van der Waals surface area contributed by atoms with Gasteiger partial charge >= 0.3 is 0 Å². The number of aliphatic imine (C=N–C) groups is 1. The van der Waals surface area contributed by atoms with E-state index < -0.39 is 0 Å². The van der Waals surface area contributed by atoms with Crippen LogP contribution in [-0.4, -0.2) is 36.4 Å². The number of nitrogens with zero attached hydrogens (tertiary/aromatic N) is 2. The van der Waals surface area contributed by atoms with Crippen LogP contribution in [0.4, 0.5) is 0 Å². The van der Waals surface area contributed by atoms with Crippen LogP contribution in [0, 0.1) is 17.8 Å². The lowest BCUT2D eigenvalue weighted by Gasteiger charge is -2.33. The van der Waals surface area contributed by atoms with Gasteiger partial charge in [-0.2, -0.15) is 0 Å². The van der Waals surface area contributed by atoms with Gasteiger partial charge in [-0.05, 0) is 31.6 Å². The third-order valence-electron chi connectivity index (χ3n) is 4.70. The van der Waals surface area contributed by atoms with Crippen molar-refractivity contribution in [2.45, 2.75) is 53.6 Å². The minimum Gasteiger partial charge on any atom is -0.359 e. The number of hydrogen-bond acceptors (Lipinski definition) is 3. The van der Waals surface area contributed by atoms with Crippen LogP contribution >= 0.6 is 0 Å². The second-order valence-electron chi connectivity index (χ2n) is 6.75. The molecule has 0 radical (unpaired) electrons. The molecular weight excluding hydrogens is 246 g/mol. The standard InChI is InChI=1S/C17H31N3/c1-12(2)16-7-6-10-20(16)15(5)19-11-14(4)17-13(3)8-9-18-17/h7,12-15,19H,6,8-11H2,1-5H3. The Balaban J connectivity index is 1.83. The van der Waals surface area contributed by atoms with E-state index in [1.807, 2.05) is 0 Å². The Kier molecular flexibility index (Phi) is 5.25. The van der Waals surface area contributed by atoms with Crippen molar-refractivity contribution in [3.05, 3.63) is 11.8 Å². The van der Waals surface area contributed by atoms with E-state index in [9.17, 15) is 0 Å². The van der Waals surface area contributed by atoms with Crippen molar-refractivity contribution < 1.29 is 0 Å². The number of nitrogens with one attached hydrogen (secondary N) is 1. The summed E-state index contributed by atoms with van der Waals surface area (Å²) in [4.78, 5) is 7.21. The predicted molar refractivity (Wildman–Crippen MR) is 87.0 cm³/mol. The van der Waals surface area contributed by atoms with Gasteiger partial charge in [0.15, 0.2) is 0 Å². The van der Waals surface area contributed by atoms with E-state index in [0.29, 0.717) is 23.9 Å². The molecule has 2 aliphatic heterocycles. The lowest BCUT2D eigenvalue weighted by molar-refractivity contribution is 0.227. The summed E-state index contributed by atoms with van der Waals surface area (Å²) >= 11 is 0.